The number of nitrogen functional groups attached to an aromatic ring is 1. The summed E-state index contributed by atoms with van der Waals surface area (Å²) in [5.74, 6) is 0.646. The lowest BCUT2D eigenvalue weighted by Gasteiger charge is -2.19. The molecule has 0 spiro atoms. The molecule has 7 nitrogen and oxygen atoms in total. The van der Waals surface area contributed by atoms with Crippen LogP contribution in [0.1, 0.15) is 33.6 Å². The average molecular weight is 280 g/mol. The summed E-state index contributed by atoms with van der Waals surface area (Å²) in [5, 5.41) is 3.18. The van der Waals surface area contributed by atoms with Gasteiger partial charge >= 0.3 is 6.01 Å². The highest BCUT2D eigenvalue weighted by molar-refractivity contribution is 5.32. The van der Waals surface area contributed by atoms with Crippen molar-refractivity contribution in [1.29, 1.82) is 0 Å². The summed E-state index contributed by atoms with van der Waals surface area (Å²) < 4.78 is 5.44. The summed E-state index contributed by atoms with van der Waals surface area (Å²) >= 11 is 0. The molecule has 0 bridgehead atoms. The van der Waals surface area contributed by atoms with Crippen LogP contribution in [0.2, 0.25) is 0 Å². The maximum Gasteiger partial charge on any atom is 0.323 e. The molecule has 20 heavy (non-hydrogen) atoms. The minimum atomic E-state index is 0.00935. The molecule has 112 valence electrons. The van der Waals surface area contributed by atoms with E-state index in [0.717, 1.165) is 25.7 Å². The van der Waals surface area contributed by atoms with E-state index in [9.17, 15) is 0 Å². The van der Waals surface area contributed by atoms with Crippen LogP contribution in [0.15, 0.2) is 0 Å². The highest BCUT2D eigenvalue weighted by Crippen LogP contribution is 2.25. The standard InChI is InChI=1S/C13H24N6O/c1-4-19(10-5-6-10)8-7-15-12-16-11(14)17-13(18-12)20-9(2)3/h9-10H,4-8H2,1-3H3,(H3,14,15,16,17,18). The van der Waals surface area contributed by atoms with Crippen molar-refractivity contribution < 1.29 is 4.74 Å². The van der Waals surface area contributed by atoms with Crippen LogP contribution in [0.4, 0.5) is 11.9 Å². The van der Waals surface area contributed by atoms with Gasteiger partial charge in [-0.3, -0.25) is 4.90 Å². The molecule has 1 aliphatic rings. The molecule has 0 radical (unpaired) electrons. The van der Waals surface area contributed by atoms with Gasteiger partial charge in [-0.25, -0.2) is 0 Å². The molecule has 0 saturated heterocycles. The Balaban J connectivity index is 1.86. The molecule has 7 heteroatoms. The van der Waals surface area contributed by atoms with Crippen molar-refractivity contribution in [2.45, 2.75) is 45.8 Å². The lowest BCUT2D eigenvalue weighted by Crippen LogP contribution is -2.31. The molecule has 3 N–H and O–H groups in total. The third kappa shape index (κ3) is 4.48. The highest BCUT2D eigenvalue weighted by atomic mass is 16.5. The van der Waals surface area contributed by atoms with Crippen LogP contribution in [-0.4, -0.2) is 51.6 Å². The summed E-state index contributed by atoms with van der Waals surface area (Å²) in [6.45, 7) is 8.87. The van der Waals surface area contributed by atoms with Crippen LogP contribution in [0, 0.1) is 0 Å². The quantitative estimate of drug-likeness (QED) is 0.738. The number of anilines is 2. The van der Waals surface area contributed by atoms with Crippen molar-refractivity contribution >= 4 is 11.9 Å². The lowest BCUT2D eigenvalue weighted by molar-refractivity contribution is 0.222. The Bertz CT molecular complexity index is 435. The molecule has 1 heterocycles. The number of ether oxygens (including phenoxy) is 1. The fourth-order valence-corrected chi connectivity index (χ4v) is 2.06. The number of rotatable bonds is 8. The summed E-state index contributed by atoms with van der Waals surface area (Å²) in [4.78, 5) is 14.7. The number of nitrogens with two attached hydrogens (primary N) is 1. The van der Waals surface area contributed by atoms with Crippen LogP contribution >= 0.6 is 0 Å². The zero-order valence-corrected chi connectivity index (χ0v) is 12.5. The van der Waals surface area contributed by atoms with Crippen molar-refractivity contribution in [1.82, 2.24) is 19.9 Å². The van der Waals surface area contributed by atoms with Crippen molar-refractivity contribution in [2.24, 2.45) is 0 Å². The molecule has 0 atom stereocenters. The Hall–Kier alpha value is -1.63. The number of hydrogen-bond donors (Lipinski definition) is 2. The van der Waals surface area contributed by atoms with E-state index in [1.54, 1.807) is 0 Å². The predicted octanol–water partition coefficient (Wildman–Crippen LogP) is 1.14. The minimum absolute atomic E-state index is 0.00935. The van der Waals surface area contributed by atoms with Gasteiger partial charge in [0.1, 0.15) is 0 Å². The van der Waals surface area contributed by atoms with Gasteiger partial charge in [-0.15, -0.1) is 0 Å². The van der Waals surface area contributed by atoms with Gasteiger partial charge in [-0.1, -0.05) is 6.92 Å². The zero-order chi connectivity index (χ0) is 14.5. The Labute approximate surface area is 119 Å². The number of nitrogens with one attached hydrogen (secondary N) is 1. The summed E-state index contributed by atoms with van der Waals surface area (Å²) in [5.41, 5.74) is 5.66. The van der Waals surface area contributed by atoms with Crippen molar-refractivity contribution in [3.63, 3.8) is 0 Å². The third-order valence-corrected chi connectivity index (χ3v) is 3.12. The average Bonchev–Trinajstić information content (AvgIpc) is 3.17. The zero-order valence-electron chi connectivity index (χ0n) is 12.5. The molecular formula is C13H24N6O. The van der Waals surface area contributed by atoms with Gasteiger partial charge in [0.25, 0.3) is 0 Å². The van der Waals surface area contributed by atoms with E-state index >= 15 is 0 Å². The van der Waals surface area contributed by atoms with Gasteiger partial charge < -0.3 is 15.8 Å². The van der Waals surface area contributed by atoms with Gasteiger partial charge in [-0.2, -0.15) is 15.0 Å². The first-order chi connectivity index (χ1) is 9.58. The lowest BCUT2D eigenvalue weighted by atomic mass is 10.4. The van der Waals surface area contributed by atoms with E-state index in [-0.39, 0.29) is 18.1 Å². The van der Waals surface area contributed by atoms with Gasteiger partial charge in [0, 0.05) is 19.1 Å². The van der Waals surface area contributed by atoms with E-state index in [1.807, 2.05) is 13.8 Å². The van der Waals surface area contributed by atoms with Crippen LogP contribution < -0.4 is 15.8 Å². The second kappa shape index (κ2) is 6.69. The summed E-state index contributed by atoms with van der Waals surface area (Å²) in [7, 11) is 0. The monoisotopic (exact) mass is 280 g/mol. The van der Waals surface area contributed by atoms with Crippen LogP contribution in [0.5, 0.6) is 6.01 Å². The molecular weight excluding hydrogens is 256 g/mol. The largest absolute Gasteiger partial charge is 0.461 e. The first-order valence-corrected chi connectivity index (χ1v) is 7.24. The van der Waals surface area contributed by atoms with E-state index in [2.05, 4.69) is 32.1 Å². The number of nitrogens with zero attached hydrogens (tertiary/aromatic N) is 4. The maximum absolute atomic E-state index is 5.66. The molecule has 1 aromatic rings. The van der Waals surface area contributed by atoms with Crippen LogP contribution in [0.3, 0.4) is 0 Å². The smallest absolute Gasteiger partial charge is 0.323 e. The predicted molar refractivity (Wildman–Crippen MR) is 78.8 cm³/mol. The number of aromatic nitrogens is 3. The SMILES string of the molecule is CCN(CCNc1nc(N)nc(OC(C)C)n1)C1CC1. The summed E-state index contributed by atoms with van der Waals surface area (Å²) in [6.07, 6.45) is 2.65. The summed E-state index contributed by atoms with van der Waals surface area (Å²) in [6, 6.07) is 1.04. The normalized spacial score (nSPS) is 14.8. The van der Waals surface area contributed by atoms with E-state index in [1.165, 1.54) is 12.8 Å². The topological polar surface area (TPSA) is 89.2 Å². The molecule has 0 aromatic carbocycles. The van der Waals surface area contributed by atoms with Crippen molar-refractivity contribution in [3.05, 3.63) is 0 Å². The maximum atomic E-state index is 5.66. The minimum Gasteiger partial charge on any atom is -0.461 e. The Morgan fingerprint density at radius 3 is 2.70 bits per heavy atom. The number of hydrogen-bond acceptors (Lipinski definition) is 7. The van der Waals surface area contributed by atoms with E-state index < -0.39 is 0 Å². The van der Waals surface area contributed by atoms with Crippen LogP contribution in [-0.2, 0) is 0 Å². The Morgan fingerprint density at radius 1 is 1.35 bits per heavy atom. The number of likely N-dealkylation sites (N-methyl/N-ethyl adjacent to an activating group) is 1. The van der Waals surface area contributed by atoms with Crippen molar-refractivity contribution in [2.75, 3.05) is 30.7 Å². The molecule has 1 aliphatic carbocycles. The third-order valence-electron chi connectivity index (χ3n) is 3.12. The van der Waals surface area contributed by atoms with E-state index in [4.69, 9.17) is 10.5 Å². The molecule has 2 rings (SSSR count). The first kappa shape index (κ1) is 14.8. The Morgan fingerprint density at radius 2 is 2.10 bits per heavy atom. The second-order valence-corrected chi connectivity index (χ2v) is 5.25. The fourth-order valence-electron chi connectivity index (χ4n) is 2.06. The van der Waals surface area contributed by atoms with Gasteiger partial charge in [0.15, 0.2) is 0 Å². The Kier molecular flexibility index (Phi) is 4.94. The highest BCUT2D eigenvalue weighted by Gasteiger charge is 2.27. The molecule has 0 amide bonds. The fraction of sp³-hybridized carbons (Fsp3) is 0.769. The van der Waals surface area contributed by atoms with Crippen molar-refractivity contribution in [3.8, 4) is 6.01 Å². The van der Waals surface area contributed by atoms with Gasteiger partial charge in [-0.05, 0) is 33.2 Å². The van der Waals surface area contributed by atoms with E-state index in [0.29, 0.717) is 5.95 Å². The molecule has 1 aromatic heterocycles. The van der Waals surface area contributed by atoms with Gasteiger partial charge in [0.2, 0.25) is 11.9 Å². The first-order valence-electron chi connectivity index (χ1n) is 7.24. The second-order valence-electron chi connectivity index (χ2n) is 5.25. The molecule has 0 unspecified atom stereocenters. The van der Waals surface area contributed by atoms with Gasteiger partial charge in [0.05, 0.1) is 6.10 Å². The molecule has 0 aliphatic heterocycles. The molecule has 1 fully saturated rings. The van der Waals surface area contributed by atoms with Crippen LogP contribution in [0.25, 0.3) is 0 Å². The molecule has 1 saturated carbocycles.